The van der Waals surface area contributed by atoms with Gasteiger partial charge in [0.25, 0.3) is 5.91 Å². The van der Waals surface area contributed by atoms with Crippen LogP contribution < -0.4 is 19.5 Å². The number of halogens is 1. The van der Waals surface area contributed by atoms with Crippen LogP contribution in [0.15, 0.2) is 84.4 Å². The van der Waals surface area contributed by atoms with E-state index in [0.29, 0.717) is 41.7 Å². The van der Waals surface area contributed by atoms with Crippen molar-refractivity contribution in [2.24, 2.45) is 0 Å². The highest BCUT2D eigenvalue weighted by Gasteiger charge is 2.15. The van der Waals surface area contributed by atoms with E-state index in [1.807, 2.05) is 49.4 Å². The summed E-state index contributed by atoms with van der Waals surface area (Å²) in [5.74, 6) is 1.30. The van der Waals surface area contributed by atoms with Crippen LogP contribution in [0, 0.1) is 35.7 Å². The number of nitriles is 1. The molecular formula is C34H31IN2O4. The standard InChI is InChI=1S/C34H31IN2O4/c1-22-5-8-25(9-6-22)20-40-30-13-11-29(12-14-30)37-34(38)28(19-36)16-27-17-31(35)33(32(18-27)39-4)41-21-26-10-7-23(2)24(3)15-26/h5-18H,20-21H2,1-4H3,(H,37,38)/b28-16+. The Hall–Kier alpha value is -4.29. The molecule has 0 heterocycles. The Morgan fingerprint density at radius 1 is 0.878 bits per heavy atom. The molecule has 0 aliphatic rings. The minimum Gasteiger partial charge on any atom is -0.493 e. The highest BCUT2D eigenvalue weighted by atomic mass is 127. The molecule has 208 valence electrons. The predicted octanol–water partition coefficient (Wildman–Crippen LogP) is 7.93. The molecule has 0 saturated heterocycles. The Morgan fingerprint density at radius 2 is 1.56 bits per heavy atom. The van der Waals surface area contributed by atoms with Crippen LogP contribution in [0.4, 0.5) is 5.69 Å². The molecule has 0 atom stereocenters. The number of carbonyl (C=O) groups is 1. The molecule has 4 aromatic rings. The summed E-state index contributed by atoms with van der Waals surface area (Å²) < 4.78 is 18.3. The van der Waals surface area contributed by atoms with E-state index in [9.17, 15) is 10.1 Å². The second-order valence-corrected chi connectivity index (χ2v) is 10.8. The largest absolute Gasteiger partial charge is 0.493 e. The Labute approximate surface area is 254 Å². The fourth-order valence-corrected chi connectivity index (χ4v) is 4.79. The number of rotatable bonds is 10. The lowest BCUT2D eigenvalue weighted by molar-refractivity contribution is -0.112. The molecule has 4 aromatic carbocycles. The Bertz CT molecular complexity index is 1600. The molecule has 1 amide bonds. The van der Waals surface area contributed by atoms with Gasteiger partial charge in [0.2, 0.25) is 0 Å². The quantitative estimate of drug-likeness (QED) is 0.106. The van der Waals surface area contributed by atoms with Crippen LogP contribution in [0.5, 0.6) is 17.2 Å². The molecule has 0 aromatic heterocycles. The van der Waals surface area contributed by atoms with E-state index in [4.69, 9.17) is 14.2 Å². The lowest BCUT2D eigenvalue weighted by Gasteiger charge is -2.14. The van der Waals surface area contributed by atoms with Crippen molar-refractivity contribution in [3.63, 3.8) is 0 Å². The molecule has 0 aliphatic carbocycles. The van der Waals surface area contributed by atoms with Gasteiger partial charge >= 0.3 is 0 Å². The maximum Gasteiger partial charge on any atom is 0.266 e. The number of ether oxygens (including phenoxy) is 3. The van der Waals surface area contributed by atoms with Crippen molar-refractivity contribution in [1.82, 2.24) is 0 Å². The topological polar surface area (TPSA) is 80.6 Å². The first-order valence-corrected chi connectivity index (χ1v) is 14.1. The minimum atomic E-state index is -0.509. The van der Waals surface area contributed by atoms with E-state index in [-0.39, 0.29) is 5.57 Å². The molecule has 0 saturated carbocycles. The minimum absolute atomic E-state index is 0.0358. The smallest absolute Gasteiger partial charge is 0.266 e. The molecule has 6 nitrogen and oxygen atoms in total. The number of benzene rings is 4. The van der Waals surface area contributed by atoms with E-state index in [1.54, 1.807) is 37.4 Å². The fraction of sp³-hybridized carbons (Fsp3) is 0.176. The van der Waals surface area contributed by atoms with Crippen molar-refractivity contribution in [2.75, 3.05) is 12.4 Å². The number of amides is 1. The lowest BCUT2D eigenvalue weighted by Crippen LogP contribution is -2.13. The summed E-state index contributed by atoms with van der Waals surface area (Å²) in [6.07, 6.45) is 1.53. The van der Waals surface area contributed by atoms with Gasteiger partial charge in [-0.3, -0.25) is 4.79 Å². The van der Waals surface area contributed by atoms with E-state index >= 15 is 0 Å². The summed E-state index contributed by atoms with van der Waals surface area (Å²) in [6.45, 7) is 7.04. The summed E-state index contributed by atoms with van der Waals surface area (Å²) in [7, 11) is 1.56. The van der Waals surface area contributed by atoms with Gasteiger partial charge in [-0.25, -0.2) is 0 Å². The number of anilines is 1. The van der Waals surface area contributed by atoms with Crippen molar-refractivity contribution >= 4 is 40.3 Å². The zero-order valence-electron chi connectivity index (χ0n) is 23.5. The van der Waals surface area contributed by atoms with Crippen LogP contribution in [0.3, 0.4) is 0 Å². The normalized spacial score (nSPS) is 11.0. The van der Waals surface area contributed by atoms with Crippen LogP contribution in [0.1, 0.15) is 33.4 Å². The van der Waals surface area contributed by atoms with Gasteiger partial charge in [-0.2, -0.15) is 5.26 Å². The van der Waals surface area contributed by atoms with Gasteiger partial charge in [-0.15, -0.1) is 0 Å². The van der Waals surface area contributed by atoms with Crippen LogP contribution in [0.2, 0.25) is 0 Å². The molecule has 41 heavy (non-hydrogen) atoms. The molecule has 4 rings (SSSR count). The zero-order valence-corrected chi connectivity index (χ0v) is 25.6. The van der Waals surface area contributed by atoms with Crippen LogP contribution in [-0.2, 0) is 18.0 Å². The van der Waals surface area contributed by atoms with E-state index in [2.05, 4.69) is 53.9 Å². The number of aryl methyl sites for hydroxylation is 3. The monoisotopic (exact) mass is 658 g/mol. The maximum atomic E-state index is 12.9. The number of nitrogens with one attached hydrogen (secondary N) is 1. The number of hydrogen-bond donors (Lipinski definition) is 1. The average molecular weight is 659 g/mol. The predicted molar refractivity (Wildman–Crippen MR) is 170 cm³/mol. The van der Waals surface area contributed by atoms with Crippen LogP contribution in [-0.4, -0.2) is 13.0 Å². The number of methoxy groups -OCH3 is 1. The van der Waals surface area contributed by atoms with Crippen LogP contribution >= 0.6 is 22.6 Å². The highest BCUT2D eigenvalue weighted by Crippen LogP contribution is 2.35. The van der Waals surface area contributed by atoms with Crippen molar-refractivity contribution < 1.29 is 19.0 Å². The maximum absolute atomic E-state index is 12.9. The summed E-state index contributed by atoms with van der Waals surface area (Å²) in [6, 6.07) is 27.0. The lowest BCUT2D eigenvalue weighted by atomic mass is 10.1. The SMILES string of the molecule is COc1cc(/C=C(\C#N)C(=O)Nc2ccc(OCc3ccc(C)cc3)cc2)cc(I)c1OCc1ccc(C)c(C)c1. The van der Waals surface area contributed by atoms with E-state index < -0.39 is 5.91 Å². The Balaban J connectivity index is 1.41. The first-order valence-electron chi connectivity index (χ1n) is 13.0. The second kappa shape index (κ2) is 13.9. The number of hydrogen-bond acceptors (Lipinski definition) is 5. The van der Waals surface area contributed by atoms with Gasteiger partial charge < -0.3 is 19.5 Å². The molecule has 0 fully saturated rings. The molecule has 0 radical (unpaired) electrons. The third-order valence-corrected chi connectivity index (χ3v) is 7.32. The zero-order chi connectivity index (χ0) is 29.4. The summed E-state index contributed by atoms with van der Waals surface area (Å²) in [4.78, 5) is 12.9. The summed E-state index contributed by atoms with van der Waals surface area (Å²) >= 11 is 2.17. The van der Waals surface area contributed by atoms with Gasteiger partial charge in [0.05, 0.1) is 10.7 Å². The van der Waals surface area contributed by atoms with Crippen LogP contribution in [0.25, 0.3) is 6.08 Å². The average Bonchev–Trinajstić information content (AvgIpc) is 2.97. The van der Waals surface area contributed by atoms with Gasteiger partial charge in [-0.05, 0) is 114 Å². The summed E-state index contributed by atoms with van der Waals surface area (Å²) in [5.41, 5.74) is 6.94. The fourth-order valence-electron chi connectivity index (χ4n) is 4.01. The van der Waals surface area contributed by atoms with Gasteiger partial charge in [-0.1, -0.05) is 48.0 Å². The summed E-state index contributed by atoms with van der Waals surface area (Å²) in [5, 5.41) is 12.5. The molecule has 0 bridgehead atoms. The number of carbonyl (C=O) groups excluding carboxylic acids is 1. The molecule has 7 heteroatoms. The third-order valence-electron chi connectivity index (χ3n) is 6.52. The second-order valence-electron chi connectivity index (χ2n) is 9.66. The van der Waals surface area contributed by atoms with Crippen molar-refractivity contribution in [1.29, 1.82) is 5.26 Å². The molecule has 1 N–H and O–H groups in total. The highest BCUT2D eigenvalue weighted by molar-refractivity contribution is 14.1. The molecular weight excluding hydrogens is 627 g/mol. The van der Waals surface area contributed by atoms with Gasteiger partial charge in [0.1, 0.15) is 30.6 Å². The van der Waals surface area contributed by atoms with Gasteiger partial charge in [0.15, 0.2) is 11.5 Å². The van der Waals surface area contributed by atoms with Crippen molar-refractivity contribution in [3.05, 3.63) is 121 Å². The van der Waals surface area contributed by atoms with E-state index in [0.717, 1.165) is 14.7 Å². The Kier molecular flexibility index (Phi) is 10.0. The van der Waals surface area contributed by atoms with Crippen molar-refractivity contribution in [2.45, 2.75) is 34.0 Å². The Morgan fingerprint density at radius 3 is 2.22 bits per heavy atom. The third kappa shape index (κ3) is 8.12. The first-order chi connectivity index (χ1) is 19.7. The first kappa shape index (κ1) is 29.7. The molecule has 0 unspecified atom stereocenters. The molecule has 0 spiro atoms. The van der Waals surface area contributed by atoms with E-state index in [1.165, 1.54) is 22.8 Å². The van der Waals surface area contributed by atoms with Crippen molar-refractivity contribution in [3.8, 4) is 23.3 Å². The molecule has 0 aliphatic heterocycles. The van der Waals surface area contributed by atoms with Gasteiger partial charge in [0, 0.05) is 5.69 Å². The number of nitrogens with zero attached hydrogens (tertiary/aromatic N) is 1.